The monoisotopic (exact) mass is 322 g/mol. The lowest BCUT2D eigenvalue weighted by atomic mass is 10.1. The summed E-state index contributed by atoms with van der Waals surface area (Å²) in [5.41, 5.74) is 1.06. The zero-order valence-electron chi connectivity index (χ0n) is 14.0. The van der Waals surface area contributed by atoms with Gasteiger partial charge in [-0.15, -0.1) is 11.3 Å². The quantitative estimate of drug-likeness (QED) is 0.870. The Hall–Kier alpha value is -1.36. The number of carbonyl (C=O) groups excluding carboxylic acids is 2. The maximum absolute atomic E-state index is 12.5. The molecule has 2 rings (SSSR count). The van der Waals surface area contributed by atoms with Gasteiger partial charge in [0, 0.05) is 17.5 Å². The largest absolute Gasteiger partial charge is 0.350 e. The van der Waals surface area contributed by atoms with Crippen LogP contribution in [0.3, 0.4) is 0 Å². The Kier molecular flexibility index (Phi) is 5.27. The number of hydrogen-bond acceptors (Lipinski definition) is 3. The summed E-state index contributed by atoms with van der Waals surface area (Å²) in [5, 5.41) is 2.88. The van der Waals surface area contributed by atoms with Crippen molar-refractivity contribution in [2.45, 2.75) is 58.4 Å². The van der Waals surface area contributed by atoms with Crippen LogP contribution in [0.4, 0.5) is 0 Å². The van der Waals surface area contributed by atoms with Crippen LogP contribution in [0.25, 0.3) is 0 Å². The van der Waals surface area contributed by atoms with Crippen molar-refractivity contribution in [3.8, 4) is 0 Å². The van der Waals surface area contributed by atoms with Crippen molar-refractivity contribution in [1.29, 1.82) is 0 Å². The van der Waals surface area contributed by atoms with Crippen LogP contribution in [0, 0.1) is 0 Å². The molecule has 4 nitrogen and oxygen atoms in total. The van der Waals surface area contributed by atoms with Crippen LogP contribution < -0.4 is 5.32 Å². The third kappa shape index (κ3) is 4.57. The van der Waals surface area contributed by atoms with Crippen LogP contribution in [0.5, 0.6) is 0 Å². The number of carbonyl (C=O) groups is 2. The van der Waals surface area contributed by atoms with E-state index in [1.807, 2.05) is 26.8 Å². The van der Waals surface area contributed by atoms with Gasteiger partial charge < -0.3 is 10.2 Å². The first kappa shape index (κ1) is 17.0. The second kappa shape index (κ2) is 6.82. The number of hydrogen-bond donors (Lipinski definition) is 1. The van der Waals surface area contributed by atoms with Gasteiger partial charge >= 0.3 is 0 Å². The molecule has 0 unspecified atom stereocenters. The number of fused-ring (bicyclic) bond motifs is 1. The Morgan fingerprint density at radius 2 is 1.91 bits per heavy atom. The smallest absolute Gasteiger partial charge is 0.264 e. The third-order valence-corrected chi connectivity index (χ3v) is 4.92. The molecule has 0 aliphatic heterocycles. The topological polar surface area (TPSA) is 49.4 Å². The molecule has 0 aromatic carbocycles. The van der Waals surface area contributed by atoms with Crippen molar-refractivity contribution in [1.82, 2.24) is 10.2 Å². The summed E-state index contributed by atoms with van der Waals surface area (Å²) in [6.45, 7) is 5.90. The van der Waals surface area contributed by atoms with E-state index in [2.05, 4.69) is 5.32 Å². The number of aryl methyl sites for hydroxylation is 2. The van der Waals surface area contributed by atoms with Gasteiger partial charge in [-0.05, 0) is 58.1 Å². The maximum Gasteiger partial charge on any atom is 0.264 e. The maximum atomic E-state index is 12.5. The van der Waals surface area contributed by atoms with Gasteiger partial charge in [-0.2, -0.15) is 0 Å². The van der Waals surface area contributed by atoms with E-state index >= 15 is 0 Å². The molecular weight excluding hydrogens is 296 g/mol. The SMILES string of the molecule is CN(CC(=O)NC(C)(C)C)C(=O)c1cc2c(s1)CCCCC2. The van der Waals surface area contributed by atoms with Crippen LogP contribution in [-0.2, 0) is 17.6 Å². The molecule has 1 aromatic rings. The molecule has 2 amide bonds. The summed E-state index contributed by atoms with van der Waals surface area (Å²) in [4.78, 5) is 28.1. The minimum absolute atomic E-state index is 0.0536. The van der Waals surface area contributed by atoms with Gasteiger partial charge in [0.2, 0.25) is 5.91 Å². The molecule has 0 spiro atoms. The van der Waals surface area contributed by atoms with E-state index in [0.717, 1.165) is 17.7 Å². The number of likely N-dealkylation sites (N-methyl/N-ethyl adjacent to an activating group) is 1. The highest BCUT2D eigenvalue weighted by Crippen LogP contribution is 2.29. The van der Waals surface area contributed by atoms with Crippen LogP contribution >= 0.6 is 11.3 Å². The van der Waals surface area contributed by atoms with Crippen molar-refractivity contribution in [3.63, 3.8) is 0 Å². The minimum atomic E-state index is -0.277. The molecule has 122 valence electrons. The fraction of sp³-hybridized carbons (Fsp3) is 0.647. The molecule has 22 heavy (non-hydrogen) atoms. The highest BCUT2D eigenvalue weighted by atomic mass is 32.1. The number of amides is 2. The zero-order chi connectivity index (χ0) is 16.3. The van der Waals surface area contributed by atoms with E-state index in [4.69, 9.17) is 0 Å². The summed E-state index contributed by atoms with van der Waals surface area (Å²) in [5.74, 6) is -0.177. The van der Waals surface area contributed by atoms with Crippen LogP contribution in [0.15, 0.2) is 6.07 Å². The van der Waals surface area contributed by atoms with Gasteiger partial charge in [0.25, 0.3) is 5.91 Å². The fourth-order valence-corrected chi connectivity index (χ4v) is 3.95. The fourth-order valence-electron chi connectivity index (χ4n) is 2.71. The van der Waals surface area contributed by atoms with E-state index in [1.165, 1.54) is 34.6 Å². The molecule has 1 heterocycles. The molecule has 0 fully saturated rings. The van der Waals surface area contributed by atoms with Gasteiger partial charge in [0.15, 0.2) is 0 Å². The Morgan fingerprint density at radius 3 is 2.59 bits per heavy atom. The number of rotatable bonds is 3. The van der Waals surface area contributed by atoms with Crippen molar-refractivity contribution < 1.29 is 9.59 Å². The van der Waals surface area contributed by atoms with Gasteiger partial charge in [-0.1, -0.05) is 6.42 Å². The van der Waals surface area contributed by atoms with E-state index in [9.17, 15) is 9.59 Å². The summed E-state index contributed by atoms with van der Waals surface area (Å²) in [6.07, 6.45) is 5.86. The second-order valence-electron chi connectivity index (χ2n) is 7.08. The molecular formula is C17H26N2O2S. The first-order chi connectivity index (χ1) is 10.3. The number of thiophene rings is 1. The first-order valence-corrected chi connectivity index (χ1v) is 8.76. The normalized spacial score (nSPS) is 14.9. The average Bonchev–Trinajstić information content (AvgIpc) is 2.66. The minimum Gasteiger partial charge on any atom is -0.350 e. The lowest BCUT2D eigenvalue weighted by molar-refractivity contribution is -0.122. The van der Waals surface area contributed by atoms with Crippen LogP contribution in [0.2, 0.25) is 0 Å². The molecule has 1 aliphatic rings. The molecule has 5 heteroatoms. The highest BCUT2D eigenvalue weighted by Gasteiger charge is 2.22. The standard InChI is InChI=1S/C17H26N2O2S/c1-17(2,3)18-15(20)11-19(4)16(21)14-10-12-8-6-5-7-9-13(12)22-14/h10H,5-9,11H2,1-4H3,(H,18,20). The van der Waals surface area contributed by atoms with Crippen molar-refractivity contribution in [3.05, 3.63) is 21.4 Å². The molecule has 0 atom stereocenters. The number of nitrogens with zero attached hydrogens (tertiary/aromatic N) is 1. The summed E-state index contributed by atoms with van der Waals surface area (Å²) >= 11 is 1.60. The van der Waals surface area contributed by atoms with Gasteiger partial charge in [0.1, 0.15) is 0 Å². The third-order valence-electron chi connectivity index (χ3n) is 3.70. The molecule has 0 saturated heterocycles. The predicted molar refractivity (Wildman–Crippen MR) is 90.4 cm³/mol. The van der Waals surface area contributed by atoms with Crippen LogP contribution in [-0.4, -0.2) is 35.8 Å². The highest BCUT2D eigenvalue weighted by molar-refractivity contribution is 7.14. The lowest BCUT2D eigenvalue weighted by Gasteiger charge is -2.23. The van der Waals surface area contributed by atoms with E-state index in [0.29, 0.717) is 0 Å². The van der Waals surface area contributed by atoms with Crippen molar-refractivity contribution >= 4 is 23.2 Å². The molecule has 0 radical (unpaired) electrons. The Labute approximate surface area is 136 Å². The van der Waals surface area contributed by atoms with Gasteiger partial charge in [-0.25, -0.2) is 0 Å². The molecule has 0 saturated carbocycles. The lowest BCUT2D eigenvalue weighted by Crippen LogP contribution is -2.46. The summed E-state index contributed by atoms with van der Waals surface area (Å²) < 4.78 is 0. The Bertz CT molecular complexity index is 534. The first-order valence-electron chi connectivity index (χ1n) is 7.94. The molecule has 0 bridgehead atoms. The van der Waals surface area contributed by atoms with Gasteiger partial charge in [-0.3, -0.25) is 9.59 Å². The Morgan fingerprint density at radius 1 is 1.23 bits per heavy atom. The van der Waals surface area contributed by atoms with Crippen molar-refractivity contribution in [2.24, 2.45) is 0 Å². The number of nitrogens with one attached hydrogen (secondary N) is 1. The van der Waals surface area contributed by atoms with Gasteiger partial charge in [0.05, 0.1) is 11.4 Å². The summed E-state index contributed by atoms with van der Waals surface area (Å²) in [7, 11) is 1.69. The molecule has 1 aromatic heterocycles. The summed E-state index contributed by atoms with van der Waals surface area (Å²) in [6, 6.07) is 2.03. The van der Waals surface area contributed by atoms with E-state index < -0.39 is 0 Å². The molecule has 1 aliphatic carbocycles. The molecule has 1 N–H and O–H groups in total. The Balaban J connectivity index is 2.00. The van der Waals surface area contributed by atoms with Crippen LogP contribution in [0.1, 0.15) is 60.1 Å². The van der Waals surface area contributed by atoms with E-state index in [1.54, 1.807) is 18.4 Å². The zero-order valence-corrected chi connectivity index (χ0v) is 14.8. The van der Waals surface area contributed by atoms with E-state index in [-0.39, 0.29) is 23.9 Å². The average molecular weight is 322 g/mol. The second-order valence-corrected chi connectivity index (χ2v) is 8.22. The van der Waals surface area contributed by atoms with Crippen molar-refractivity contribution in [2.75, 3.05) is 13.6 Å². The predicted octanol–water partition coefficient (Wildman–Crippen LogP) is 3.00.